The van der Waals surface area contributed by atoms with Gasteiger partial charge in [0.15, 0.2) is 11.5 Å². The number of carbonyl (C=O) groups is 1. The minimum atomic E-state index is -0.755. The van der Waals surface area contributed by atoms with E-state index in [-0.39, 0.29) is 22.8 Å². The summed E-state index contributed by atoms with van der Waals surface area (Å²) in [5, 5.41) is -0.138. The largest absolute Gasteiger partial charge is 0.493 e. The molecular formula is C18H15ClFN3O3S2. The van der Waals surface area contributed by atoms with Gasteiger partial charge in [-0.1, -0.05) is 37.0 Å². The van der Waals surface area contributed by atoms with Crippen molar-refractivity contribution in [1.29, 1.82) is 0 Å². The first-order chi connectivity index (χ1) is 13.4. The number of rotatable bonds is 6. The highest BCUT2D eigenvalue weighted by Gasteiger charge is 2.31. The highest BCUT2D eigenvalue weighted by atomic mass is 35.5. The fourth-order valence-electron chi connectivity index (χ4n) is 2.43. The predicted molar refractivity (Wildman–Crippen MR) is 110 cm³/mol. The zero-order valence-corrected chi connectivity index (χ0v) is 17.3. The molecule has 146 valence electrons. The van der Waals surface area contributed by atoms with Gasteiger partial charge in [-0.2, -0.15) is 9.37 Å². The van der Waals surface area contributed by atoms with E-state index in [1.807, 2.05) is 6.92 Å². The molecule has 1 aliphatic rings. The second-order valence-electron chi connectivity index (χ2n) is 5.64. The van der Waals surface area contributed by atoms with E-state index in [0.29, 0.717) is 27.1 Å². The molecule has 0 saturated carbocycles. The number of benzene rings is 1. The van der Waals surface area contributed by atoms with Crippen LogP contribution in [0.4, 0.5) is 4.39 Å². The Bertz CT molecular complexity index is 971. The number of halogens is 2. The maximum atomic E-state index is 13.8. The van der Waals surface area contributed by atoms with Gasteiger partial charge in [-0.05, 0) is 41.8 Å². The Morgan fingerprint density at radius 3 is 2.89 bits per heavy atom. The van der Waals surface area contributed by atoms with Gasteiger partial charge in [0.25, 0.3) is 11.8 Å². The van der Waals surface area contributed by atoms with E-state index in [2.05, 4.69) is 9.97 Å². The number of amides is 1. The van der Waals surface area contributed by atoms with Crippen LogP contribution in [-0.4, -0.2) is 38.8 Å². The first-order valence-electron chi connectivity index (χ1n) is 8.22. The highest BCUT2D eigenvalue weighted by molar-refractivity contribution is 8.26. The summed E-state index contributed by atoms with van der Waals surface area (Å²) in [6, 6.07) is 4.97. The van der Waals surface area contributed by atoms with Gasteiger partial charge in [-0.25, -0.2) is 4.98 Å². The molecule has 0 aliphatic carbocycles. The number of nitrogens with zero attached hydrogens (tertiary/aromatic N) is 3. The number of ether oxygens (including phenoxy) is 2. The molecule has 1 amide bonds. The van der Waals surface area contributed by atoms with Crippen LogP contribution in [0, 0.1) is 5.82 Å². The van der Waals surface area contributed by atoms with Crippen LogP contribution in [0.2, 0.25) is 5.28 Å². The second kappa shape index (κ2) is 8.85. The predicted octanol–water partition coefficient (Wildman–Crippen LogP) is 4.68. The Balaban J connectivity index is 1.87. The molecule has 0 spiro atoms. The second-order valence-corrected chi connectivity index (χ2v) is 7.65. The van der Waals surface area contributed by atoms with Gasteiger partial charge in [0.05, 0.1) is 18.2 Å². The van der Waals surface area contributed by atoms with Crippen LogP contribution in [0.15, 0.2) is 29.3 Å². The summed E-state index contributed by atoms with van der Waals surface area (Å²) in [6.07, 6.45) is 3.47. The smallest absolute Gasteiger partial charge is 0.266 e. The Kier molecular flexibility index (Phi) is 6.48. The zero-order valence-electron chi connectivity index (χ0n) is 14.9. The maximum Gasteiger partial charge on any atom is 0.266 e. The molecule has 1 aromatic heterocycles. The summed E-state index contributed by atoms with van der Waals surface area (Å²) in [5.74, 6) is -0.603. The van der Waals surface area contributed by atoms with Crippen LogP contribution in [0.1, 0.15) is 18.9 Å². The van der Waals surface area contributed by atoms with Gasteiger partial charge < -0.3 is 9.47 Å². The van der Waals surface area contributed by atoms with E-state index in [0.717, 1.165) is 12.6 Å². The summed E-state index contributed by atoms with van der Waals surface area (Å²) in [7, 11) is 1.45. The van der Waals surface area contributed by atoms with E-state index in [1.54, 1.807) is 29.2 Å². The first kappa shape index (κ1) is 20.5. The van der Waals surface area contributed by atoms with Gasteiger partial charge in [-0.3, -0.25) is 9.69 Å². The number of aromatic nitrogens is 2. The number of methoxy groups -OCH3 is 1. The highest BCUT2D eigenvalue weighted by Crippen LogP contribution is 2.36. The SMILES string of the molecule is CCCN1C(=O)/C(=C\c2ccc(Oc3nc(Cl)ncc3F)c(OC)c2)SC1=S. The molecule has 0 atom stereocenters. The summed E-state index contributed by atoms with van der Waals surface area (Å²) in [4.78, 5) is 21.8. The van der Waals surface area contributed by atoms with Gasteiger partial charge >= 0.3 is 0 Å². The van der Waals surface area contributed by atoms with Gasteiger partial charge in [0.2, 0.25) is 11.1 Å². The van der Waals surface area contributed by atoms with Crippen molar-refractivity contribution in [1.82, 2.24) is 14.9 Å². The molecule has 2 aromatic rings. The van der Waals surface area contributed by atoms with Gasteiger partial charge in [-0.15, -0.1) is 0 Å². The molecule has 0 radical (unpaired) electrons. The summed E-state index contributed by atoms with van der Waals surface area (Å²) < 4.78 is 25.1. The van der Waals surface area contributed by atoms with Crippen molar-refractivity contribution in [2.45, 2.75) is 13.3 Å². The third-order valence-electron chi connectivity index (χ3n) is 3.70. The molecule has 1 saturated heterocycles. The summed E-state index contributed by atoms with van der Waals surface area (Å²) in [5.41, 5.74) is 0.711. The molecule has 6 nitrogen and oxygen atoms in total. The van der Waals surface area contributed by atoms with Crippen LogP contribution in [0.5, 0.6) is 17.4 Å². The van der Waals surface area contributed by atoms with Crippen molar-refractivity contribution in [3.8, 4) is 17.4 Å². The molecule has 1 aliphatic heterocycles. The number of carbonyl (C=O) groups excluding carboxylic acids is 1. The lowest BCUT2D eigenvalue weighted by atomic mass is 10.2. The summed E-state index contributed by atoms with van der Waals surface area (Å²) in [6.45, 7) is 2.57. The Morgan fingerprint density at radius 1 is 1.39 bits per heavy atom. The molecular weight excluding hydrogens is 425 g/mol. The van der Waals surface area contributed by atoms with Crippen molar-refractivity contribution in [2.24, 2.45) is 0 Å². The van der Waals surface area contributed by atoms with Crippen LogP contribution in [0.3, 0.4) is 0 Å². The molecule has 3 rings (SSSR count). The minimum Gasteiger partial charge on any atom is -0.493 e. The van der Waals surface area contributed by atoms with Crippen molar-refractivity contribution < 1.29 is 18.7 Å². The molecule has 0 unspecified atom stereocenters. The fourth-order valence-corrected chi connectivity index (χ4v) is 3.87. The van der Waals surface area contributed by atoms with Gasteiger partial charge in [0.1, 0.15) is 4.32 Å². The van der Waals surface area contributed by atoms with E-state index in [4.69, 9.17) is 33.3 Å². The molecule has 1 fully saturated rings. The fraction of sp³-hybridized carbons (Fsp3) is 0.222. The van der Waals surface area contributed by atoms with Crippen LogP contribution < -0.4 is 9.47 Å². The molecule has 2 heterocycles. The van der Waals surface area contributed by atoms with E-state index >= 15 is 0 Å². The molecule has 0 bridgehead atoms. The van der Waals surface area contributed by atoms with Crippen molar-refractivity contribution in [3.63, 3.8) is 0 Å². The molecule has 1 aromatic carbocycles. The average Bonchev–Trinajstić information content (AvgIpc) is 2.93. The quantitative estimate of drug-likeness (QED) is 0.367. The number of hydrogen-bond acceptors (Lipinski definition) is 7. The lowest BCUT2D eigenvalue weighted by Crippen LogP contribution is -2.28. The Hall–Kier alpha value is -2.23. The van der Waals surface area contributed by atoms with E-state index in [1.165, 1.54) is 18.9 Å². The number of thiocarbonyl (C=S) groups is 1. The van der Waals surface area contributed by atoms with E-state index in [9.17, 15) is 9.18 Å². The summed E-state index contributed by atoms with van der Waals surface area (Å²) >= 11 is 12.2. The Morgan fingerprint density at radius 2 is 2.18 bits per heavy atom. The average molecular weight is 440 g/mol. The lowest BCUT2D eigenvalue weighted by molar-refractivity contribution is -0.122. The Labute approximate surface area is 175 Å². The number of thioether (sulfide) groups is 1. The van der Waals surface area contributed by atoms with E-state index < -0.39 is 5.82 Å². The topological polar surface area (TPSA) is 64.6 Å². The van der Waals surface area contributed by atoms with Crippen LogP contribution >= 0.6 is 35.6 Å². The van der Waals surface area contributed by atoms with Gasteiger partial charge in [0, 0.05) is 6.54 Å². The normalized spacial score (nSPS) is 15.4. The monoisotopic (exact) mass is 439 g/mol. The van der Waals surface area contributed by atoms with Crippen molar-refractivity contribution in [3.05, 3.63) is 46.0 Å². The maximum absolute atomic E-state index is 13.8. The zero-order chi connectivity index (χ0) is 20.3. The van der Waals surface area contributed by atoms with Crippen LogP contribution in [-0.2, 0) is 4.79 Å². The third-order valence-corrected chi connectivity index (χ3v) is 5.26. The lowest BCUT2D eigenvalue weighted by Gasteiger charge is -2.12. The number of hydrogen-bond donors (Lipinski definition) is 0. The molecule has 28 heavy (non-hydrogen) atoms. The molecule has 0 N–H and O–H groups in total. The first-order valence-corrected chi connectivity index (χ1v) is 9.82. The van der Waals surface area contributed by atoms with Crippen molar-refractivity contribution in [2.75, 3.05) is 13.7 Å². The van der Waals surface area contributed by atoms with Crippen molar-refractivity contribution >= 4 is 51.9 Å². The third kappa shape index (κ3) is 4.43. The van der Waals surface area contributed by atoms with Crippen LogP contribution in [0.25, 0.3) is 6.08 Å². The minimum absolute atomic E-state index is 0.117. The molecule has 10 heteroatoms. The standard InChI is InChI=1S/C18H15ClFN3O3S2/c1-3-6-23-16(24)14(28-18(23)27)8-10-4-5-12(13(7-10)25-2)26-15-11(20)9-21-17(19)22-15/h4-5,7-9H,3,6H2,1-2H3/b14-8+.